The summed E-state index contributed by atoms with van der Waals surface area (Å²) in [6.45, 7) is 4.57. The molecule has 1 aliphatic carbocycles. The first kappa shape index (κ1) is 21.0. The van der Waals surface area contributed by atoms with Crippen molar-refractivity contribution in [2.24, 2.45) is 11.8 Å². The maximum atomic E-state index is 4.60. The van der Waals surface area contributed by atoms with Gasteiger partial charge in [0.15, 0.2) is 5.82 Å². The van der Waals surface area contributed by atoms with Crippen molar-refractivity contribution in [3.8, 4) is 11.4 Å². The van der Waals surface area contributed by atoms with Crippen LogP contribution in [0.1, 0.15) is 89.2 Å². The monoisotopic (exact) mass is 378 g/mol. The summed E-state index contributed by atoms with van der Waals surface area (Å²) in [7, 11) is 0. The normalized spacial score (nSPS) is 18.8. The van der Waals surface area contributed by atoms with Crippen LogP contribution >= 0.6 is 0 Å². The number of hydrogen-bond acceptors (Lipinski definition) is 2. The Balaban J connectivity index is 1.42. The molecule has 1 aromatic heterocycles. The SMILES string of the molecule is CCCCCCCc1cnc(-c2ccc(CCC3CC(CCC)C3)cc2)nc1. The maximum Gasteiger partial charge on any atom is 0.159 e. The standard InChI is InChI=1S/C26H38N2/c1-3-5-6-7-8-10-24-19-27-26(28-20-24)25-15-13-21(14-16-25)11-12-23-17-22(18-23)9-4-2/h13-16,19-20,22-23H,3-12,17-18H2,1-2H3. The second kappa shape index (κ2) is 11.3. The van der Waals surface area contributed by atoms with Gasteiger partial charge in [-0.15, -0.1) is 0 Å². The lowest BCUT2D eigenvalue weighted by molar-refractivity contribution is 0.170. The Bertz CT molecular complexity index is 669. The molecule has 1 saturated carbocycles. The van der Waals surface area contributed by atoms with Crippen LogP contribution in [-0.4, -0.2) is 9.97 Å². The highest BCUT2D eigenvalue weighted by Gasteiger charge is 2.27. The third-order valence-corrected chi connectivity index (χ3v) is 6.36. The largest absolute Gasteiger partial charge is 0.236 e. The minimum Gasteiger partial charge on any atom is -0.236 e. The molecule has 2 aromatic rings. The fourth-order valence-electron chi connectivity index (χ4n) is 4.51. The van der Waals surface area contributed by atoms with Crippen molar-refractivity contribution in [1.29, 1.82) is 0 Å². The average molecular weight is 379 g/mol. The number of hydrogen-bond donors (Lipinski definition) is 0. The Hall–Kier alpha value is -1.70. The van der Waals surface area contributed by atoms with Crippen LogP contribution in [0, 0.1) is 11.8 Å². The molecule has 2 heteroatoms. The van der Waals surface area contributed by atoms with Gasteiger partial charge in [-0.1, -0.05) is 76.6 Å². The van der Waals surface area contributed by atoms with Gasteiger partial charge in [-0.2, -0.15) is 0 Å². The first-order valence-electron chi connectivity index (χ1n) is 11.7. The molecule has 0 aliphatic heterocycles. The molecular formula is C26H38N2. The molecule has 1 aromatic carbocycles. The van der Waals surface area contributed by atoms with Gasteiger partial charge >= 0.3 is 0 Å². The molecule has 152 valence electrons. The summed E-state index contributed by atoms with van der Waals surface area (Å²) in [6.07, 6.45) is 20.0. The molecule has 1 heterocycles. The lowest BCUT2D eigenvalue weighted by Crippen LogP contribution is -2.23. The molecule has 1 fully saturated rings. The third kappa shape index (κ3) is 6.43. The van der Waals surface area contributed by atoms with Crippen molar-refractivity contribution < 1.29 is 0 Å². The van der Waals surface area contributed by atoms with E-state index in [1.807, 2.05) is 12.4 Å². The summed E-state index contributed by atoms with van der Waals surface area (Å²) in [4.78, 5) is 9.21. The number of nitrogens with zero attached hydrogens (tertiary/aromatic N) is 2. The highest BCUT2D eigenvalue weighted by molar-refractivity contribution is 5.55. The fraction of sp³-hybridized carbons (Fsp3) is 0.615. The van der Waals surface area contributed by atoms with E-state index in [4.69, 9.17) is 0 Å². The zero-order chi connectivity index (χ0) is 19.6. The number of rotatable bonds is 12. The zero-order valence-electron chi connectivity index (χ0n) is 18.0. The van der Waals surface area contributed by atoms with Crippen LogP contribution in [0.5, 0.6) is 0 Å². The number of aryl methyl sites for hydroxylation is 2. The van der Waals surface area contributed by atoms with E-state index in [1.54, 1.807) is 0 Å². The van der Waals surface area contributed by atoms with E-state index in [0.29, 0.717) is 0 Å². The van der Waals surface area contributed by atoms with Crippen LogP contribution in [0.3, 0.4) is 0 Å². The van der Waals surface area contributed by atoms with Crippen LogP contribution in [0.25, 0.3) is 11.4 Å². The van der Waals surface area contributed by atoms with Crippen LogP contribution in [0.2, 0.25) is 0 Å². The zero-order valence-corrected chi connectivity index (χ0v) is 18.0. The molecule has 0 amide bonds. The van der Waals surface area contributed by atoms with E-state index in [0.717, 1.165) is 29.6 Å². The minimum absolute atomic E-state index is 0.850. The average Bonchev–Trinajstić information content (AvgIpc) is 2.70. The Morgan fingerprint density at radius 2 is 1.39 bits per heavy atom. The van der Waals surface area contributed by atoms with Gasteiger partial charge in [0.2, 0.25) is 0 Å². The van der Waals surface area contributed by atoms with Crippen molar-refractivity contribution in [3.05, 3.63) is 47.8 Å². The molecule has 0 unspecified atom stereocenters. The van der Waals surface area contributed by atoms with Crippen molar-refractivity contribution >= 4 is 0 Å². The van der Waals surface area contributed by atoms with Gasteiger partial charge in [-0.05, 0) is 61.5 Å². The van der Waals surface area contributed by atoms with Crippen LogP contribution < -0.4 is 0 Å². The minimum atomic E-state index is 0.850. The van der Waals surface area contributed by atoms with Gasteiger partial charge in [-0.3, -0.25) is 0 Å². The molecule has 1 aliphatic rings. The highest BCUT2D eigenvalue weighted by atomic mass is 14.9. The Morgan fingerprint density at radius 3 is 2.07 bits per heavy atom. The summed E-state index contributed by atoms with van der Waals surface area (Å²) in [5.41, 5.74) is 3.84. The smallest absolute Gasteiger partial charge is 0.159 e. The summed E-state index contributed by atoms with van der Waals surface area (Å²) in [5.74, 6) is 2.84. The van der Waals surface area contributed by atoms with Gasteiger partial charge in [0.25, 0.3) is 0 Å². The highest BCUT2D eigenvalue weighted by Crippen LogP contribution is 2.39. The fourth-order valence-corrected chi connectivity index (χ4v) is 4.51. The van der Waals surface area contributed by atoms with E-state index >= 15 is 0 Å². The van der Waals surface area contributed by atoms with Crippen LogP contribution in [-0.2, 0) is 12.8 Å². The van der Waals surface area contributed by atoms with Gasteiger partial charge in [0, 0.05) is 18.0 Å². The predicted molar refractivity (Wildman–Crippen MR) is 119 cm³/mol. The molecule has 0 atom stereocenters. The van der Waals surface area contributed by atoms with Crippen molar-refractivity contribution in [1.82, 2.24) is 9.97 Å². The van der Waals surface area contributed by atoms with Gasteiger partial charge in [-0.25, -0.2) is 9.97 Å². The first-order chi connectivity index (χ1) is 13.8. The molecule has 0 bridgehead atoms. The Kier molecular flexibility index (Phi) is 8.51. The lowest BCUT2D eigenvalue weighted by Gasteiger charge is -2.35. The van der Waals surface area contributed by atoms with Gasteiger partial charge < -0.3 is 0 Å². The van der Waals surface area contributed by atoms with E-state index in [1.165, 1.54) is 81.8 Å². The lowest BCUT2D eigenvalue weighted by atomic mass is 9.70. The molecular weight excluding hydrogens is 340 g/mol. The molecule has 0 N–H and O–H groups in total. The van der Waals surface area contributed by atoms with Crippen molar-refractivity contribution in [3.63, 3.8) is 0 Å². The Morgan fingerprint density at radius 1 is 0.714 bits per heavy atom. The number of unbranched alkanes of at least 4 members (excludes halogenated alkanes) is 4. The maximum absolute atomic E-state index is 4.60. The second-order valence-electron chi connectivity index (χ2n) is 8.81. The van der Waals surface area contributed by atoms with E-state index in [2.05, 4.69) is 48.1 Å². The van der Waals surface area contributed by atoms with E-state index in [-0.39, 0.29) is 0 Å². The van der Waals surface area contributed by atoms with Crippen molar-refractivity contribution in [2.75, 3.05) is 0 Å². The number of benzene rings is 1. The Labute approximate surface area is 172 Å². The van der Waals surface area contributed by atoms with Gasteiger partial charge in [0.05, 0.1) is 0 Å². The molecule has 3 rings (SSSR count). The molecule has 28 heavy (non-hydrogen) atoms. The van der Waals surface area contributed by atoms with Gasteiger partial charge in [0.1, 0.15) is 0 Å². The van der Waals surface area contributed by atoms with Crippen molar-refractivity contribution in [2.45, 2.75) is 90.9 Å². The molecule has 0 radical (unpaired) electrons. The van der Waals surface area contributed by atoms with E-state index in [9.17, 15) is 0 Å². The van der Waals surface area contributed by atoms with Crippen LogP contribution in [0.15, 0.2) is 36.7 Å². The quantitative estimate of drug-likeness (QED) is 0.359. The summed E-state index contributed by atoms with van der Waals surface area (Å²) >= 11 is 0. The molecule has 0 saturated heterocycles. The predicted octanol–water partition coefficient (Wildman–Crippen LogP) is 7.42. The summed E-state index contributed by atoms with van der Waals surface area (Å²) in [6, 6.07) is 8.91. The summed E-state index contributed by atoms with van der Waals surface area (Å²) < 4.78 is 0. The topological polar surface area (TPSA) is 25.8 Å². The third-order valence-electron chi connectivity index (χ3n) is 6.36. The van der Waals surface area contributed by atoms with E-state index < -0.39 is 0 Å². The summed E-state index contributed by atoms with van der Waals surface area (Å²) in [5, 5.41) is 0. The first-order valence-corrected chi connectivity index (χ1v) is 11.7. The second-order valence-corrected chi connectivity index (χ2v) is 8.81. The molecule has 2 nitrogen and oxygen atoms in total. The number of aromatic nitrogens is 2. The molecule has 0 spiro atoms. The van der Waals surface area contributed by atoms with Crippen LogP contribution in [0.4, 0.5) is 0 Å².